The predicted octanol–water partition coefficient (Wildman–Crippen LogP) is 1.83. The average Bonchev–Trinajstić information content (AvgIpc) is 2.33. The van der Waals surface area contributed by atoms with Gasteiger partial charge in [-0.1, -0.05) is 0 Å². The van der Waals surface area contributed by atoms with Crippen molar-refractivity contribution >= 4 is 19.4 Å². The third-order valence-corrected chi connectivity index (χ3v) is 5.01. The Labute approximate surface area is 101 Å². The van der Waals surface area contributed by atoms with Crippen LogP contribution in [0.15, 0.2) is 35.4 Å². The fraction of sp³-hybridized carbons (Fsp3) is 0.455. The summed E-state index contributed by atoms with van der Waals surface area (Å²) in [5, 5.41) is 3.93. The summed E-state index contributed by atoms with van der Waals surface area (Å²) in [6, 6.07) is 10.3. The van der Waals surface area contributed by atoms with E-state index >= 15 is 0 Å². The summed E-state index contributed by atoms with van der Waals surface area (Å²) in [6.07, 6.45) is 1.94. The fourth-order valence-electron chi connectivity index (χ4n) is 1.66. The normalized spacial score (nSPS) is 24.8. The van der Waals surface area contributed by atoms with Gasteiger partial charge in [-0.15, -0.1) is 0 Å². The summed E-state index contributed by atoms with van der Waals surface area (Å²) in [6.45, 7) is 0.788. The van der Waals surface area contributed by atoms with Crippen molar-refractivity contribution in [1.29, 1.82) is 0 Å². The van der Waals surface area contributed by atoms with Crippen LogP contribution in [0.3, 0.4) is 0 Å². The van der Waals surface area contributed by atoms with E-state index in [4.69, 9.17) is 10.3 Å². The minimum atomic E-state index is 0.0129. The first kappa shape index (κ1) is 11.5. The molecular formula is C11H13N3OSe. The van der Waals surface area contributed by atoms with E-state index in [2.05, 4.69) is 22.2 Å². The van der Waals surface area contributed by atoms with Crippen LogP contribution in [-0.2, 0) is 4.74 Å². The van der Waals surface area contributed by atoms with Crippen LogP contribution in [0.4, 0.5) is 0 Å². The zero-order valence-corrected chi connectivity index (χ0v) is 10.5. The first-order valence-corrected chi connectivity index (χ1v) is 7.12. The molecule has 84 valence electrons. The molecule has 16 heavy (non-hydrogen) atoms. The van der Waals surface area contributed by atoms with Gasteiger partial charge in [0, 0.05) is 0 Å². The number of hydrogen-bond donors (Lipinski definition) is 0. The first-order chi connectivity index (χ1) is 7.90. The molecule has 1 saturated heterocycles. The third-order valence-electron chi connectivity index (χ3n) is 2.44. The molecule has 0 bridgehead atoms. The van der Waals surface area contributed by atoms with Crippen LogP contribution in [0.2, 0.25) is 0 Å². The van der Waals surface area contributed by atoms with Gasteiger partial charge in [-0.2, -0.15) is 0 Å². The molecule has 0 spiro atoms. The summed E-state index contributed by atoms with van der Waals surface area (Å²) in [7, 11) is 0. The van der Waals surface area contributed by atoms with Gasteiger partial charge < -0.3 is 0 Å². The maximum absolute atomic E-state index is 8.51. The van der Waals surface area contributed by atoms with Gasteiger partial charge >= 0.3 is 101 Å². The maximum atomic E-state index is 8.51. The fourth-order valence-corrected chi connectivity index (χ4v) is 3.96. The first-order valence-electron chi connectivity index (χ1n) is 5.27. The molecule has 0 radical (unpaired) electrons. The molecule has 0 amide bonds. The zero-order valence-electron chi connectivity index (χ0n) is 8.82. The number of azide groups is 1. The monoisotopic (exact) mass is 283 g/mol. The molecule has 5 heteroatoms. The molecule has 2 rings (SSSR count). The molecule has 1 aromatic carbocycles. The van der Waals surface area contributed by atoms with Gasteiger partial charge in [0.25, 0.3) is 0 Å². The summed E-state index contributed by atoms with van der Waals surface area (Å²) in [5.74, 6) is 0. The van der Waals surface area contributed by atoms with Gasteiger partial charge in [0.05, 0.1) is 0 Å². The Balaban J connectivity index is 2.04. The number of hydrogen-bond acceptors (Lipinski definition) is 2. The van der Waals surface area contributed by atoms with Crippen LogP contribution >= 0.6 is 0 Å². The Hall–Kier alpha value is -0.991. The molecular weight excluding hydrogens is 269 g/mol. The summed E-state index contributed by atoms with van der Waals surface area (Å²) < 4.78 is 7.00. The summed E-state index contributed by atoms with van der Waals surface area (Å²) >= 11 is 0.223. The molecule has 1 heterocycles. The second-order valence-electron chi connectivity index (χ2n) is 3.58. The Kier molecular flexibility index (Phi) is 4.25. The topological polar surface area (TPSA) is 58.0 Å². The van der Waals surface area contributed by atoms with Gasteiger partial charge in [0.15, 0.2) is 0 Å². The van der Waals surface area contributed by atoms with E-state index < -0.39 is 0 Å². The third kappa shape index (κ3) is 3.00. The van der Waals surface area contributed by atoms with Crippen molar-refractivity contribution in [2.75, 3.05) is 6.61 Å². The molecule has 0 aromatic heterocycles. The molecule has 1 fully saturated rings. The Bertz CT molecular complexity index is 378. The number of rotatable bonds is 3. The van der Waals surface area contributed by atoms with Gasteiger partial charge in [0.2, 0.25) is 0 Å². The van der Waals surface area contributed by atoms with E-state index in [0.717, 1.165) is 19.4 Å². The zero-order chi connectivity index (χ0) is 11.2. The molecule has 1 aromatic rings. The average molecular weight is 282 g/mol. The van der Waals surface area contributed by atoms with Gasteiger partial charge in [-0.05, 0) is 0 Å². The molecule has 0 unspecified atom stereocenters. The van der Waals surface area contributed by atoms with Crippen molar-refractivity contribution in [3.63, 3.8) is 0 Å². The van der Waals surface area contributed by atoms with E-state index in [9.17, 15) is 0 Å². The van der Waals surface area contributed by atoms with E-state index in [-0.39, 0.29) is 26.0 Å². The van der Waals surface area contributed by atoms with Gasteiger partial charge in [-0.25, -0.2) is 0 Å². The summed E-state index contributed by atoms with van der Waals surface area (Å²) in [5.41, 5.74) is 8.51. The van der Waals surface area contributed by atoms with Crippen molar-refractivity contribution in [1.82, 2.24) is 0 Å². The van der Waals surface area contributed by atoms with Gasteiger partial charge in [-0.3, -0.25) is 0 Å². The van der Waals surface area contributed by atoms with Crippen LogP contribution < -0.4 is 4.46 Å². The molecule has 1 aliphatic rings. The standard InChI is InChI=1S/C11H13N3OSe/c12-14-13-10-7-4-8-15-11(10)16-9-5-2-1-3-6-9/h1-3,5-6,10-11H,4,7-8H2/t10-,11+/m1/s1. The number of benzene rings is 1. The van der Waals surface area contributed by atoms with Crippen LogP contribution in [0.25, 0.3) is 10.4 Å². The van der Waals surface area contributed by atoms with Crippen molar-refractivity contribution < 1.29 is 4.74 Å². The molecule has 4 nitrogen and oxygen atoms in total. The quantitative estimate of drug-likeness (QED) is 0.361. The van der Waals surface area contributed by atoms with Gasteiger partial charge in [0.1, 0.15) is 0 Å². The second kappa shape index (κ2) is 5.92. The Morgan fingerprint density at radius 1 is 1.38 bits per heavy atom. The second-order valence-corrected chi connectivity index (χ2v) is 6.04. The van der Waals surface area contributed by atoms with E-state index in [1.54, 1.807) is 0 Å². The van der Waals surface area contributed by atoms with Crippen molar-refractivity contribution in [2.45, 2.75) is 23.9 Å². The number of ether oxygens (including phenoxy) is 1. The molecule has 0 N–H and O–H groups in total. The van der Waals surface area contributed by atoms with Crippen molar-refractivity contribution in [2.24, 2.45) is 5.11 Å². The Morgan fingerprint density at radius 3 is 2.94 bits per heavy atom. The van der Waals surface area contributed by atoms with E-state index in [1.165, 1.54) is 4.46 Å². The Morgan fingerprint density at radius 2 is 2.19 bits per heavy atom. The molecule has 0 saturated carbocycles. The molecule has 1 aliphatic heterocycles. The van der Waals surface area contributed by atoms with E-state index in [0.29, 0.717) is 0 Å². The number of nitrogens with zero attached hydrogens (tertiary/aromatic N) is 3. The molecule has 2 atom stereocenters. The molecule has 0 aliphatic carbocycles. The van der Waals surface area contributed by atoms with Crippen LogP contribution in [-0.4, -0.2) is 32.6 Å². The van der Waals surface area contributed by atoms with Crippen molar-refractivity contribution in [3.8, 4) is 0 Å². The van der Waals surface area contributed by atoms with Crippen molar-refractivity contribution in [3.05, 3.63) is 40.8 Å². The van der Waals surface area contributed by atoms with Crippen LogP contribution in [0, 0.1) is 0 Å². The minimum absolute atomic E-state index is 0.0129. The van der Waals surface area contributed by atoms with Crippen LogP contribution in [0.5, 0.6) is 0 Å². The van der Waals surface area contributed by atoms with Crippen LogP contribution in [0.1, 0.15) is 12.8 Å². The van der Waals surface area contributed by atoms with E-state index in [1.807, 2.05) is 18.2 Å². The SMILES string of the molecule is [N-]=[N+]=N[C@@H]1CCCO[C@H]1[Se]c1ccccc1. The predicted molar refractivity (Wildman–Crippen MR) is 63.7 cm³/mol. The summed E-state index contributed by atoms with van der Waals surface area (Å²) in [4.78, 5) is 2.91.